The molecule has 0 bridgehead atoms. The molecular formula is C19H28N6O3S. The van der Waals surface area contributed by atoms with Gasteiger partial charge in [0.25, 0.3) is 5.91 Å². The number of aryl methyl sites for hydroxylation is 1. The van der Waals surface area contributed by atoms with Crippen molar-refractivity contribution in [3.8, 4) is 0 Å². The monoisotopic (exact) mass is 420 g/mol. The van der Waals surface area contributed by atoms with Gasteiger partial charge < -0.3 is 20.7 Å². The van der Waals surface area contributed by atoms with Crippen molar-refractivity contribution >= 4 is 39.4 Å². The van der Waals surface area contributed by atoms with Gasteiger partial charge in [-0.05, 0) is 33.8 Å². The minimum Gasteiger partial charge on any atom is -0.444 e. The predicted octanol–water partition coefficient (Wildman–Crippen LogP) is 1.75. The van der Waals surface area contributed by atoms with Crippen molar-refractivity contribution < 1.29 is 14.3 Å². The molecule has 2 aromatic rings. The third-order valence-electron chi connectivity index (χ3n) is 4.48. The van der Waals surface area contributed by atoms with Gasteiger partial charge in [0.2, 0.25) is 0 Å². The second-order valence-electron chi connectivity index (χ2n) is 8.04. The van der Waals surface area contributed by atoms with Gasteiger partial charge in [-0.2, -0.15) is 0 Å². The molecule has 1 fully saturated rings. The summed E-state index contributed by atoms with van der Waals surface area (Å²) in [5.74, 6) is 1.08. The van der Waals surface area contributed by atoms with E-state index in [1.54, 1.807) is 6.07 Å². The van der Waals surface area contributed by atoms with Crippen LogP contribution in [0.15, 0.2) is 6.07 Å². The number of hydrogen-bond acceptors (Lipinski definition) is 8. The first-order valence-electron chi connectivity index (χ1n) is 9.64. The van der Waals surface area contributed by atoms with Crippen LogP contribution in [-0.2, 0) is 4.74 Å². The summed E-state index contributed by atoms with van der Waals surface area (Å²) in [6, 6.07) is 1.74. The fourth-order valence-corrected chi connectivity index (χ4v) is 4.14. The van der Waals surface area contributed by atoms with Crippen molar-refractivity contribution in [2.75, 3.05) is 44.2 Å². The summed E-state index contributed by atoms with van der Waals surface area (Å²) >= 11 is 1.34. The third kappa shape index (κ3) is 5.54. The topological polar surface area (TPSA) is 114 Å². The molecule has 1 saturated heterocycles. The van der Waals surface area contributed by atoms with Crippen LogP contribution in [-0.4, -0.2) is 71.7 Å². The van der Waals surface area contributed by atoms with E-state index in [0.717, 1.165) is 48.8 Å². The predicted molar refractivity (Wildman–Crippen MR) is 114 cm³/mol. The van der Waals surface area contributed by atoms with Crippen LogP contribution in [0.4, 0.5) is 10.6 Å². The Bertz CT molecular complexity index is 899. The first kappa shape index (κ1) is 21.3. The van der Waals surface area contributed by atoms with E-state index in [1.165, 1.54) is 11.3 Å². The van der Waals surface area contributed by atoms with Crippen molar-refractivity contribution in [2.24, 2.45) is 5.73 Å². The molecule has 158 valence electrons. The van der Waals surface area contributed by atoms with Gasteiger partial charge in [-0.25, -0.2) is 14.8 Å². The number of aromatic nitrogens is 2. The standard InChI is InChI=1S/C19H28N6O3S/c1-12-22-13-11-14(16(20)26)29-15(13)17(23-12)25-9-7-24(8-10-25)6-5-21-18(27)28-19(2,3)4/h11H,5-10H2,1-4H3,(H2,20,26)(H,21,27). The third-order valence-corrected chi connectivity index (χ3v) is 5.61. The molecule has 10 heteroatoms. The number of hydrogen-bond donors (Lipinski definition) is 2. The highest BCUT2D eigenvalue weighted by Gasteiger charge is 2.23. The van der Waals surface area contributed by atoms with Crippen LogP contribution in [0.1, 0.15) is 36.3 Å². The Labute approximate surface area is 174 Å². The Morgan fingerprint density at radius 2 is 1.93 bits per heavy atom. The number of alkyl carbamates (subject to hydrolysis) is 1. The zero-order chi connectivity index (χ0) is 21.2. The number of amides is 2. The zero-order valence-corrected chi connectivity index (χ0v) is 18.1. The molecule has 0 unspecified atom stereocenters. The van der Waals surface area contributed by atoms with E-state index in [1.807, 2.05) is 27.7 Å². The molecular weight excluding hydrogens is 392 g/mol. The van der Waals surface area contributed by atoms with Crippen LogP contribution in [0.2, 0.25) is 0 Å². The van der Waals surface area contributed by atoms with Crippen molar-refractivity contribution in [3.63, 3.8) is 0 Å². The lowest BCUT2D eigenvalue weighted by molar-refractivity contribution is 0.0521. The molecule has 3 heterocycles. The number of nitrogens with one attached hydrogen (secondary N) is 1. The van der Waals surface area contributed by atoms with Crippen molar-refractivity contribution in [1.29, 1.82) is 0 Å². The van der Waals surface area contributed by atoms with Gasteiger partial charge in [0.1, 0.15) is 17.2 Å². The zero-order valence-electron chi connectivity index (χ0n) is 17.3. The Kier molecular flexibility index (Phi) is 6.23. The lowest BCUT2D eigenvalue weighted by Crippen LogP contribution is -2.49. The molecule has 3 rings (SSSR count). The number of fused-ring (bicyclic) bond motifs is 1. The fourth-order valence-electron chi connectivity index (χ4n) is 3.18. The molecule has 0 radical (unpaired) electrons. The van der Waals surface area contributed by atoms with Crippen LogP contribution >= 0.6 is 11.3 Å². The number of nitrogens with two attached hydrogens (primary N) is 1. The summed E-state index contributed by atoms with van der Waals surface area (Å²) in [4.78, 5) is 37.3. The van der Waals surface area contributed by atoms with Gasteiger partial charge in [0.15, 0.2) is 0 Å². The van der Waals surface area contributed by atoms with Gasteiger partial charge in [-0.1, -0.05) is 0 Å². The number of ether oxygens (including phenoxy) is 1. The number of carbonyl (C=O) groups excluding carboxylic acids is 2. The van der Waals surface area contributed by atoms with Crippen molar-refractivity contribution in [2.45, 2.75) is 33.3 Å². The summed E-state index contributed by atoms with van der Waals surface area (Å²) in [5, 5.41) is 2.80. The molecule has 1 aliphatic heterocycles. The summed E-state index contributed by atoms with van der Waals surface area (Å²) in [6.45, 7) is 12.0. The van der Waals surface area contributed by atoms with Crippen molar-refractivity contribution in [1.82, 2.24) is 20.2 Å². The summed E-state index contributed by atoms with van der Waals surface area (Å²) in [6.07, 6.45) is -0.391. The number of thiophene rings is 1. The number of primary amides is 1. The highest BCUT2D eigenvalue weighted by molar-refractivity contribution is 7.21. The molecule has 2 aromatic heterocycles. The average Bonchev–Trinajstić information content (AvgIpc) is 3.04. The quantitative estimate of drug-likeness (QED) is 0.757. The summed E-state index contributed by atoms with van der Waals surface area (Å²) in [5.41, 5.74) is 5.69. The highest BCUT2D eigenvalue weighted by Crippen LogP contribution is 2.32. The molecule has 3 N–H and O–H groups in total. The second-order valence-corrected chi connectivity index (χ2v) is 9.09. The minimum atomic E-state index is -0.493. The Morgan fingerprint density at radius 1 is 1.24 bits per heavy atom. The van der Waals surface area contributed by atoms with E-state index in [0.29, 0.717) is 17.2 Å². The van der Waals surface area contributed by atoms with E-state index in [9.17, 15) is 9.59 Å². The molecule has 0 spiro atoms. The second kappa shape index (κ2) is 8.50. The molecule has 0 atom stereocenters. The van der Waals surface area contributed by atoms with E-state index in [4.69, 9.17) is 10.5 Å². The van der Waals surface area contributed by atoms with Gasteiger partial charge in [-0.15, -0.1) is 11.3 Å². The van der Waals surface area contributed by atoms with Gasteiger partial charge >= 0.3 is 6.09 Å². The maximum atomic E-state index is 11.7. The van der Waals surface area contributed by atoms with Crippen LogP contribution in [0.5, 0.6) is 0 Å². The molecule has 9 nitrogen and oxygen atoms in total. The number of rotatable bonds is 5. The molecule has 1 aliphatic rings. The summed E-state index contributed by atoms with van der Waals surface area (Å²) in [7, 11) is 0. The Hall–Kier alpha value is -2.46. The molecule has 0 saturated carbocycles. The first-order chi connectivity index (χ1) is 13.6. The Morgan fingerprint density at radius 3 is 2.55 bits per heavy atom. The molecule has 29 heavy (non-hydrogen) atoms. The first-order valence-corrected chi connectivity index (χ1v) is 10.5. The van der Waals surface area contributed by atoms with E-state index in [2.05, 4.69) is 25.1 Å². The lowest BCUT2D eigenvalue weighted by Gasteiger charge is -2.35. The van der Waals surface area contributed by atoms with E-state index >= 15 is 0 Å². The SMILES string of the molecule is Cc1nc(N2CCN(CCNC(=O)OC(C)(C)C)CC2)c2sc(C(N)=O)cc2n1. The average molecular weight is 421 g/mol. The van der Waals surface area contributed by atoms with Gasteiger partial charge in [0.05, 0.1) is 15.1 Å². The van der Waals surface area contributed by atoms with E-state index < -0.39 is 17.6 Å². The maximum absolute atomic E-state index is 11.7. The van der Waals surface area contributed by atoms with Crippen LogP contribution in [0.25, 0.3) is 10.2 Å². The van der Waals surface area contributed by atoms with Gasteiger partial charge in [-0.3, -0.25) is 9.69 Å². The molecule has 0 aliphatic carbocycles. The number of nitrogens with zero attached hydrogens (tertiary/aromatic N) is 4. The lowest BCUT2D eigenvalue weighted by atomic mass is 10.2. The minimum absolute atomic E-state index is 0.391. The normalized spacial score (nSPS) is 15.5. The van der Waals surface area contributed by atoms with Crippen LogP contribution in [0, 0.1) is 6.92 Å². The van der Waals surface area contributed by atoms with Crippen molar-refractivity contribution in [3.05, 3.63) is 16.8 Å². The number of anilines is 1. The van der Waals surface area contributed by atoms with E-state index in [-0.39, 0.29) is 0 Å². The Balaban J connectivity index is 1.57. The molecule has 2 amide bonds. The maximum Gasteiger partial charge on any atom is 0.407 e. The fraction of sp³-hybridized carbons (Fsp3) is 0.579. The highest BCUT2D eigenvalue weighted by atomic mass is 32.1. The van der Waals surface area contributed by atoms with Gasteiger partial charge in [0, 0.05) is 39.3 Å². The largest absolute Gasteiger partial charge is 0.444 e. The van der Waals surface area contributed by atoms with Crippen LogP contribution < -0.4 is 16.0 Å². The smallest absolute Gasteiger partial charge is 0.407 e. The number of carbonyl (C=O) groups is 2. The van der Waals surface area contributed by atoms with Crippen LogP contribution in [0.3, 0.4) is 0 Å². The number of piperazine rings is 1. The molecule has 0 aromatic carbocycles. The summed E-state index contributed by atoms with van der Waals surface area (Å²) < 4.78 is 6.14.